The molecule has 0 spiro atoms. The molecule has 2 N–H and O–H groups in total. The Morgan fingerprint density at radius 2 is 1.77 bits per heavy atom. The minimum atomic E-state index is -0.568. The molecule has 2 aromatic heterocycles. The predicted molar refractivity (Wildman–Crippen MR) is 115 cm³/mol. The van der Waals surface area contributed by atoms with Crippen molar-refractivity contribution in [3.8, 4) is 11.3 Å². The summed E-state index contributed by atoms with van der Waals surface area (Å²) in [7, 11) is 1.81. The number of alkyl carbamates (subject to hydrolysis) is 1. The van der Waals surface area contributed by atoms with Crippen LogP contribution in [0.2, 0.25) is 0 Å². The number of nitrogens with one attached hydrogen (secondary N) is 2. The van der Waals surface area contributed by atoms with Crippen molar-refractivity contribution in [2.24, 2.45) is 7.05 Å². The van der Waals surface area contributed by atoms with Gasteiger partial charge in [0.25, 0.3) is 5.91 Å². The average Bonchev–Trinajstić information content (AvgIpc) is 2.97. The lowest BCUT2D eigenvalue weighted by molar-refractivity contribution is 0.0526. The Kier molecular flexibility index (Phi) is 6.05. The van der Waals surface area contributed by atoms with Crippen LogP contribution in [0.15, 0.2) is 36.4 Å². The molecule has 158 valence electrons. The Balaban J connectivity index is 1.79. The number of benzene rings is 1. The van der Waals surface area contributed by atoms with Crippen LogP contribution in [-0.2, 0) is 11.8 Å². The van der Waals surface area contributed by atoms with E-state index in [-0.39, 0.29) is 19.0 Å². The van der Waals surface area contributed by atoms with Crippen LogP contribution >= 0.6 is 0 Å². The van der Waals surface area contributed by atoms with Crippen molar-refractivity contribution in [1.82, 2.24) is 25.4 Å². The fourth-order valence-corrected chi connectivity index (χ4v) is 3.13. The third kappa shape index (κ3) is 4.94. The number of carbonyl (C=O) groups excluding carboxylic acids is 2. The molecule has 0 bridgehead atoms. The topological polar surface area (TPSA) is 98.1 Å². The van der Waals surface area contributed by atoms with Gasteiger partial charge in [-0.05, 0) is 33.8 Å². The number of aromatic nitrogens is 3. The van der Waals surface area contributed by atoms with Crippen molar-refractivity contribution >= 4 is 23.0 Å². The van der Waals surface area contributed by atoms with E-state index >= 15 is 0 Å². The van der Waals surface area contributed by atoms with Gasteiger partial charge in [-0.2, -0.15) is 5.10 Å². The summed E-state index contributed by atoms with van der Waals surface area (Å²) >= 11 is 0. The molecule has 0 aliphatic carbocycles. The molecule has 0 unspecified atom stereocenters. The summed E-state index contributed by atoms with van der Waals surface area (Å²) in [5.74, 6) is -0.248. The molecule has 30 heavy (non-hydrogen) atoms. The van der Waals surface area contributed by atoms with E-state index in [1.54, 1.807) is 31.5 Å². The van der Waals surface area contributed by atoms with Gasteiger partial charge in [0.15, 0.2) is 5.65 Å². The predicted octanol–water partition coefficient (Wildman–Crippen LogP) is 3.20. The van der Waals surface area contributed by atoms with Crippen LogP contribution in [-0.4, -0.2) is 45.5 Å². The Hall–Kier alpha value is -3.42. The molecule has 0 fully saturated rings. The fraction of sp³-hybridized carbons (Fsp3) is 0.364. The molecule has 0 saturated carbocycles. The number of rotatable bonds is 5. The zero-order valence-electron chi connectivity index (χ0n) is 17.9. The van der Waals surface area contributed by atoms with Crippen molar-refractivity contribution in [2.45, 2.75) is 33.3 Å². The molecule has 1 aromatic carbocycles. The quantitative estimate of drug-likeness (QED) is 0.631. The molecule has 8 heteroatoms. The van der Waals surface area contributed by atoms with Crippen LogP contribution in [0.3, 0.4) is 0 Å². The standard InChI is InChI=1S/C22H27N5O3/c1-14-18-16(20(28)23-11-12-24-21(29)30-22(2,3)4)13-17(15-9-7-6-8-10-15)25-19(18)27(5)26-14/h6-10,13H,11-12H2,1-5H3,(H,23,28)(H,24,29). The molecule has 3 rings (SSSR count). The van der Waals surface area contributed by atoms with Crippen LogP contribution in [0.25, 0.3) is 22.3 Å². The second-order valence-electron chi connectivity index (χ2n) is 8.01. The minimum Gasteiger partial charge on any atom is -0.444 e. The Morgan fingerprint density at radius 3 is 2.43 bits per heavy atom. The molecule has 3 aromatic rings. The molecular formula is C22H27N5O3. The van der Waals surface area contributed by atoms with Gasteiger partial charge >= 0.3 is 6.09 Å². The zero-order valence-corrected chi connectivity index (χ0v) is 17.9. The van der Waals surface area contributed by atoms with Gasteiger partial charge in [0.1, 0.15) is 5.60 Å². The van der Waals surface area contributed by atoms with Crippen molar-refractivity contribution in [3.63, 3.8) is 0 Å². The van der Waals surface area contributed by atoms with E-state index in [1.165, 1.54) is 0 Å². The molecule has 8 nitrogen and oxygen atoms in total. The lowest BCUT2D eigenvalue weighted by Crippen LogP contribution is -2.37. The highest BCUT2D eigenvalue weighted by Gasteiger charge is 2.19. The van der Waals surface area contributed by atoms with Gasteiger partial charge in [0.05, 0.1) is 22.3 Å². The molecular weight excluding hydrogens is 382 g/mol. The van der Waals surface area contributed by atoms with Crippen LogP contribution in [0, 0.1) is 6.92 Å². The highest BCUT2D eigenvalue weighted by molar-refractivity contribution is 6.07. The third-order valence-electron chi connectivity index (χ3n) is 4.36. The summed E-state index contributed by atoms with van der Waals surface area (Å²) in [4.78, 5) is 29.4. The number of nitrogens with zero attached hydrogens (tertiary/aromatic N) is 3. The average molecular weight is 409 g/mol. The SMILES string of the molecule is Cc1nn(C)c2nc(-c3ccccc3)cc(C(=O)NCCNC(=O)OC(C)(C)C)c12. The van der Waals surface area contributed by atoms with E-state index in [0.717, 1.165) is 16.6 Å². The summed E-state index contributed by atoms with van der Waals surface area (Å²) in [6.45, 7) is 7.76. The first-order chi connectivity index (χ1) is 14.2. The second kappa shape index (κ2) is 8.52. The second-order valence-corrected chi connectivity index (χ2v) is 8.01. The largest absolute Gasteiger partial charge is 0.444 e. The highest BCUT2D eigenvalue weighted by atomic mass is 16.6. The van der Waals surface area contributed by atoms with Gasteiger partial charge in [0.2, 0.25) is 0 Å². The van der Waals surface area contributed by atoms with Gasteiger partial charge in [0, 0.05) is 25.7 Å². The summed E-state index contributed by atoms with van der Waals surface area (Å²) in [5, 5.41) is 10.6. The van der Waals surface area contributed by atoms with E-state index in [4.69, 9.17) is 9.72 Å². The van der Waals surface area contributed by atoms with Gasteiger partial charge in [-0.25, -0.2) is 9.78 Å². The number of pyridine rings is 1. The van der Waals surface area contributed by atoms with Crippen LogP contribution in [0.1, 0.15) is 36.8 Å². The van der Waals surface area contributed by atoms with E-state index in [9.17, 15) is 9.59 Å². The molecule has 0 aliphatic rings. The third-order valence-corrected chi connectivity index (χ3v) is 4.36. The number of hydrogen-bond donors (Lipinski definition) is 2. The van der Waals surface area contributed by atoms with Crippen LogP contribution in [0.4, 0.5) is 4.79 Å². The molecule has 2 heterocycles. The van der Waals surface area contributed by atoms with Crippen LogP contribution in [0.5, 0.6) is 0 Å². The lowest BCUT2D eigenvalue weighted by atomic mass is 10.0. The van der Waals surface area contributed by atoms with Crippen molar-refractivity contribution < 1.29 is 14.3 Å². The number of amides is 2. The van der Waals surface area contributed by atoms with E-state index in [1.807, 2.05) is 44.3 Å². The first-order valence-corrected chi connectivity index (χ1v) is 9.80. The maximum atomic E-state index is 13.0. The lowest BCUT2D eigenvalue weighted by Gasteiger charge is -2.19. The molecule has 2 amide bonds. The van der Waals surface area contributed by atoms with E-state index in [0.29, 0.717) is 16.9 Å². The van der Waals surface area contributed by atoms with Gasteiger partial charge in [-0.3, -0.25) is 9.48 Å². The highest BCUT2D eigenvalue weighted by Crippen LogP contribution is 2.26. The van der Waals surface area contributed by atoms with Crippen LogP contribution < -0.4 is 10.6 Å². The monoisotopic (exact) mass is 409 g/mol. The maximum Gasteiger partial charge on any atom is 0.407 e. The van der Waals surface area contributed by atoms with Gasteiger partial charge in [-0.1, -0.05) is 30.3 Å². The van der Waals surface area contributed by atoms with Gasteiger partial charge in [-0.15, -0.1) is 0 Å². The number of carbonyl (C=O) groups is 2. The number of ether oxygens (including phenoxy) is 1. The smallest absolute Gasteiger partial charge is 0.407 e. The van der Waals surface area contributed by atoms with Crippen molar-refractivity contribution in [3.05, 3.63) is 47.7 Å². The summed E-state index contributed by atoms with van der Waals surface area (Å²) < 4.78 is 6.87. The number of hydrogen-bond acceptors (Lipinski definition) is 5. The van der Waals surface area contributed by atoms with Crippen molar-refractivity contribution in [1.29, 1.82) is 0 Å². The van der Waals surface area contributed by atoms with Crippen molar-refractivity contribution in [2.75, 3.05) is 13.1 Å². The van der Waals surface area contributed by atoms with E-state index in [2.05, 4.69) is 15.7 Å². The summed E-state index contributed by atoms with van der Waals surface area (Å²) in [6, 6.07) is 11.5. The molecule has 0 radical (unpaired) electrons. The maximum absolute atomic E-state index is 13.0. The normalized spacial score (nSPS) is 11.4. The molecule has 0 atom stereocenters. The number of fused-ring (bicyclic) bond motifs is 1. The minimum absolute atomic E-state index is 0.248. The zero-order chi connectivity index (χ0) is 21.9. The Bertz CT molecular complexity index is 1070. The number of aryl methyl sites for hydroxylation is 2. The first-order valence-electron chi connectivity index (χ1n) is 9.80. The summed E-state index contributed by atoms with van der Waals surface area (Å²) in [6.07, 6.45) is -0.516. The van der Waals surface area contributed by atoms with E-state index < -0.39 is 11.7 Å². The Labute approximate surface area is 175 Å². The Morgan fingerprint density at radius 1 is 1.10 bits per heavy atom. The first kappa shape index (κ1) is 21.3. The molecule has 0 aliphatic heterocycles. The summed E-state index contributed by atoms with van der Waals surface area (Å²) in [5.41, 5.74) is 2.92. The fourth-order valence-electron chi connectivity index (χ4n) is 3.13. The molecule has 0 saturated heterocycles. The van der Waals surface area contributed by atoms with Gasteiger partial charge < -0.3 is 15.4 Å².